The van der Waals surface area contributed by atoms with Gasteiger partial charge in [-0.2, -0.15) is 0 Å². The van der Waals surface area contributed by atoms with Crippen LogP contribution in [0.2, 0.25) is 0 Å². The second kappa shape index (κ2) is 8.47. The molecule has 2 aliphatic rings. The minimum Gasteiger partial charge on any atom is -0.457 e. The molecule has 0 spiro atoms. The molecule has 9 heteroatoms. The van der Waals surface area contributed by atoms with Crippen molar-refractivity contribution in [3.8, 4) is 0 Å². The normalized spacial score (nSPS) is 19.8. The van der Waals surface area contributed by atoms with Crippen molar-refractivity contribution in [2.45, 2.75) is 30.6 Å². The van der Waals surface area contributed by atoms with Gasteiger partial charge in [0.25, 0.3) is 10.0 Å². The summed E-state index contributed by atoms with van der Waals surface area (Å²) in [5.41, 5.74) is 3.14. The number of esters is 1. The van der Waals surface area contributed by atoms with E-state index in [9.17, 15) is 18.0 Å². The summed E-state index contributed by atoms with van der Waals surface area (Å²) in [5.74, 6) is -0.692. The summed E-state index contributed by atoms with van der Waals surface area (Å²) in [7, 11) is -1.71. The van der Waals surface area contributed by atoms with Crippen molar-refractivity contribution in [3.63, 3.8) is 0 Å². The number of para-hydroxylation sites is 1. The van der Waals surface area contributed by atoms with E-state index in [4.69, 9.17) is 4.74 Å². The van der Waals surface area contributed by atoms with Crippen molar-refractivity contribution in [2.75, 3.05) is 25.1 Å². The van der Waals surface area contributed by atoms with E-state index in [-0.39, 0.29) is 41.5 Å². The summed E-state index contributed by atoms with van der Waals surface area (Å²) in [6.45, 7) is 3.77. The maximum absolute atomic E-state index is 12.5. The van der Waals surface area contributed by atoms with E-state index in [0.717, 1.165) is 16.9 Å². The average molecular weight is 468 g/mol. The van der Waals surface area contributed by atoms with Gasteiger partial charge in [-0.1, -0.05) is 44.2 Å². The number of benzene rings is 2. The highest BCUT2D eigenvalue weighted by molar-refractivity contribution is 7.90. The van der Waals surface area contributed by atoms with Crippen molar-refractivity contribution < 1.29 is 22.7 Å². The second-order valence-electron chi connectivity index (χ2n) is 8.44. The van der Waals surface area contributed by atoms with E-state index in [1.165, 1.54) is 12.1 Å². The summed E-state index contributed by atoms with van der Waals surface area (Å²) < 4.78 is 31.7. The fourth-order valence-electron chi connectivity index (χ4n) is 4.19. The minimum absolute atomic E-state index is 0.0331. The van der Waals surface area contributed by atoms with Crippen LogP contribution in [-0.2, 0) is 29.8 Å². The number of ether oxygens (including phenoxy) is 1. The first-order valence-electron chi connectivity index (χ1n) is 10.5. The minimum atomic E-state index is -3.62. The van der Waals surface area contributed by atoms with Crippen LogP contribution < -0.4 is 9.62 Å². The molecule has 8 nitrogen and oxygen atoms in total. The molecule has 2 heterocycles. The van der Waals surface area contributed by atoms with Crippen LogP contribution >= 0.6 is 0 Å². The van der Waals surface area contributed by atoms with Gasteiger partial charge in [-0.15, -0.1) is 0 Å². The number of likely N-dealkylation sites (N-methyl/N-ethyl adjacent to an activating group) is 1. The maximum atomic E-state index is 12.5. The lowest BCUT2D eigenvalue weighted by molar-refractivity contribution is -0.146. The molecule has 0 unspecified atom stereocenters. The molecule has 0 amide bonds. The number of hydrogen-bond donors (Lipinski definition) is 1. The highest BCUT2D eigenvalue weighted by atomic mass is 32.2. The number of carbonyl (C=O) groups is 2. The van der Waals surface area contributed by atoms with Gasteiger partial charge < -0.3 is 9.64 Å². The Labute approximate surface area is 193 Å². The molecule has 0 saturated carbocycles. The average Bonchev–Trinajstić information content (AvgIpc) is 3.15. The fraction of sp³-hybridized carbons (Fsp3) is 0.292. The van der Waals surface area contributed by atoms with Gasteiger partial charge >= 0.3 is 5.97 Å². The van der Waals surface area contributed by atoms with E-state index < -0.39 is 16.0 Å². The Morgan fingerprint density at radius 2 is 1.82 bits per heavy atom. The standard InChI is InChI=1S/C24H25N3O5S/c1-24(2)18-9-5-6-10-19(18)27(3)21(24)14-16(28)15-32-22(29)12-13-25-23-17-8-4-7-11-20(17)33(30,31)26-23/h4-11,14H,12-13,15H2,1-3H3,(H,25,26)/b21-14-. The number of aliphatic imine (C=N–C) groups is 1. The van der Waals surface area contributed by atoms with Gasteiger partial charge in [-0.3, -0.25) is 19.3 Å². The van der Waals surface area contributed by atoms with Crippen molar-refractivity contribution in [3.05, 3.63) is 71.4 Å². The van der Waals surface area contributed by atoms with E-state index in [1.54, 1.807) is 18.2 Å². The first-order valence-corrected chi connectivity index (χ1v) is 12.0. The van der Waals surface area contributed by atoms with Gasteiger partial charge in [0.05, 0.1) is 17.9 Å². The molecule has 0 aromatic heterocycles. The lowest BCUT2D eigenvalue weighted by atomic mass is 9.83. The quantitative estimate of drug-likeness (QED) is 0.517. The van der Waals surface area contributed by atoms with Gasteiger partial charge in [0.15, 0.2) is 12.4 Å². The lowest BCUT2D eigenvalue weighted by Crippen LogP contribution is -2.25. The number of ketones is 1. The van der Waals surface area contributed by atoms with Gasteiger partial charge in [0.2, 0.25) is 0 Å². The Morgan fingerprint density at radius 3 is 2.58 bits per heavy atom. The number of sulfonamides is 1. The smallest absolute Gasteiger partial charge is 0.308 e. The largest absolute Gasteiger partial charge is 0.457 e. The van der Waals surface area contributed by atoms with Crippen LogP contribution in [0.25, 0.3) is 0 Å². The molecule has 0 saturated heterocycles. The molecule has 0 aliphatic carbocycles. The van der Waals surface area contributed by atoms with Crippen LogP contribution in [0.4, 0.5) is 5.69 Å². The van der Waals surface area contributed by atoms with Gasteiger partial charge in [-0.05, 0) is 23.8 Å². The first kappa shape index (κ1) is 22.7. The Hall–Kier alpha value is -3.46. The Morgan fingerprint density at radius 1 is 1.12 bits per heavy atom. The summed E-state index contributed by atoms with van der Waals surface area (Å²) in [5, 5.41) is 0. The van der Waals surface area contributed by atoms with Crippen molar-refractivity contribution in [1.29, 1.82) is 0 Å². The number of carbonyl (C=O) groups excluding carboxylic acids is 2. The molecule has 0 radical (unpaired) electrons. The molecule has 2 aromatic carbocycles. The maximum Gasteiger partial charge on any atom is 0.308 e. The summed E-state index contributed by atoms with van der Waals surface area (Å²) in [6, 6.07) is 14.5. The number of allylic oxidation sites excluding steroid dienone is 1. The zero-order chi connectivity index (χ0) is 23.8. The van der Waals surface area contributed by atoms with Gasteiger partial charge in [-0.25, -0.2) is 8.42 Å². The number of nitrogens with one attached hydrogen (secondary N) is 1. The van der Waals surface area contributed by atoms with E-state index in [0.29, 0.717) is 5.56 Å². The Kier molecular flexibility index (Phi) is 5.84. The molecule has 0 fully saturated rings. The van der Waals surface area contributed by atoms with E-state index in [1.807, 2.05) is 36.2 Å². The second-order valence-corrected chi connectivity index (χ2v) is 10.1. The van der Waals surface area contributed by atoms with E-state index >= 15 is 0 Å². The highest BCUT2D eigenvalue weighted by Crippen LogP contribution is 2.46. The van der Waals surface area contributed by atoms with Crippen LogP contribution in [0.15, 0.2) is 70.2 Å². The number of rotatable bonds is 6. The number of hydrogen-bond acceptors (Lipinski definition) is 7. The summed E-state index contributed by atoms with van der Waals surface area (Å²) >= 11 is 0. The third-order valence-corrected chi connectivity index (χ3v) is 7.26. The summed E-state index contributed by atoms with van der Waals surface area (Å²) in [4.78, 5) is 30.9. The third kappa shape index (κ3) is 4.28. The van der Waals surface area contributed by atoms with Crippen LogP contribution in [0.1, 0.15) is 31.4 Å². The predicted octanol–water partition coefficient (Wildman–Crippen LogP) is 2.54. The van der Waals surface area contributed by atoms with Crippen molar-refractivity contribution >= 4 is 33.3 Å². The van der Waals surface area contributed by atoms with Crippen molar-refractivity contribution in [1.82, 2.24) is 4.72 Å². The molecule has 1 N–H and O–H groups in total. The molecular formula is C24H25N3O5S. The topological polar surface area (TPSA) is 105 Å². The van der Waals surface area contributed by atoms with Crippen molar-refractivity contribution in [2.24, 2.45) is 4.99 Å². The Balaban J connectivity index is 1.33. The monoisotopic (exact) mass is 467 g/mol. The SMILES string of the molecule is CN1/C(=C\C(=O)COC(=O)CCN=C2NS(=O)(=O)c3ccccc32)C(C)(C)c2ccccc21. The third-order valence-electron chi connectivity index (χ3n) is 5.86. The number of anilines is 1. The molecule has 2 aliphatic heterocycles. The molecule has 0 atom stereocenters. The zero-order valence-corrected chi connectivity index (χ0v) is 19.5. The molecule has 4 rings (SSSR count). The van der Waals surface area contributed by atoms with Crippen LogP contribution in [0.5, 0.6) is 0 Å². The number of amidine groups is 1. The molecule has 33 heavy (non-hydrogen) atoms. The molecule has 172 valence electrons. The van der Waals surface area contributed by atoms with Gasteiger partial charge in [0, 0.05) is 35.5 Å². The number of nitrogens with zero attached hydrogens (tertiary/aromatic N) is 2. The molecule has 0 bridgehead atoms. The fourth-order valence-corrected chi connectivity index (χ4v) is 5.44. The summed E-state index contributed by atoms with van der Waals surface area (Å²) in [6.07, 6.45) is 1.45. The van der Waals surface area contributed by atoms with E-state index in [2.05, 4.69) is 23.6 Å². The van der Waals surface area contributed by atoms with Crippen LogP contribution in [0.3, 0.4) is 0 Å². The number of fused-ring (bicyclic) bond motifs is 2. The van der Waals surface area contributed by atoms with Crippen LogP contribution in [0, 0.1) is 0 Å². The van der Waals surface area contributed by atoms with Gasteiger partial charge in [0.1, 0.15) is 5.84 Å². The zero-order valence-electron chi connectivity index (χ0n) is 18.7. The van der Waals surface area contributed by atoms with Crippen LogP contribution in [-0.4, -0.2) is 46.2 Å². The predicted molar refractivity (Wildman–Crippen MR) is 125 cm³/mol. The lowest BCUT2D eigenvalue weighted by Gasteiger charge is -2.23. The first-order chi connectivity index (χ1) is 15.6. The Bertz CT molecular complexity index is 1290. The molecular weight excluding hydrogens is 442 g/mol. The highest BCUT2D eigenvalue weighted by Gasteiger charge is 2.38. The molecule has 2 aromatic rings.